The summed E-state index contributed by atoms with van der Waals surface area (Å²) in [4.78, 5) is 21.0. The highest BCUT2D eigenvalue weighted by Crippen LogP contribution is 2.34. The number of rotatable bonds is 8. The lowest BCUT2D eigenvalue weighted by Gasteiger charge is -2.20. The van der Waals surface area contributed by atoms with Crippen molar-refractivity contribution in [1.82, 2.24) is 9.97 Å². The van der Waals surface area contributed by atoms with Crippen molar-refractivity contribution in [2.45, 2.75) is 41.8 Å². The van der Waals surface area contributed by atoms with Crippen molar-refractivity contribution >= 4 is 33.0 Å². The van der Waals surface area contributed by atoms with Gasteiger partial charge >= 0.3 is 12.4 Å². The predicted molar refractivity (Wildman–Crippen MR) is 117 cm³/mol. The van der Waals surface area contributed by atoms with E-state index in [2.05, 4.69) is 14.7 Å². The molecule has 2 heterocycles. The van der Waals surface area contributed by atoms with Gasteiger partial charge in [-0.1, -0.05) is 11.6 Å². The number of benzene rings is 1. The molecule has 0 spiro atoms. The van der Waals surface area contributed by atoms with Crippen LogP contribution in [0.2, 0.25) is 5.02 Å². The van der Waals surface area contributed by atoms with Gasteiger partial charge in [0.05, 0.1) is 27.2 Å². The topological polar surface area (TPSA) is 113 Å². The number of hydrogen-bond acceptors (Lipinski definition) is 8. The SMILES string of the molecule is N#Cc1ncc(C(=O)CCC(F)(F)F)c(N2CC[C@H](S(=O)(=O)c3ccc(OCC(F)(F)F)cc3Cl)C2)n1. The van der Waals surface area contributed by atoms with Crippen LogP contribution in [-0.4, -0.2) is 61.5 Å². The van der Waals surface area contributed by atoms with Crippen LogP contribution in [0.15, 0.2) is 29.3 Å². The first-order chi connectivity index (χ1) is 17.1. The largest absolute Gasteiger partial charge is 0.484 e. The predicted octanol–water partition coefficient (Wildman–Crippen LogP) is 4.52. The molecule has 1 fully saturated rings. The zero-order valence-electron chi connectivity index (χ0n) is 18.6. The van der Waals surface area contributed by atoms with Gasteiger partial charge in [0, 0.05) is 31.8 Å². The van der Waals surface area contributed by atoms with E-state index in [9.17, 15) is 39.6 Å². The number of Topliss-reactive ketones (excluding diaryl/α,β-unsaturated/α-hetero) is 1. The fourth-order valence-corrected chi connectivity index (χ4v) is 5.81. The Balaban J connectivity index is 1.83. The van der Waals surface area contributed by atoms with E-state index in [1.807, 2.05) is 0 Å². The number of nitrogens with zero attached hydrogens (tertiary/aromatic N) is 4. The number of carbonyl (C=O) groups excluding carboxylic acids is 1. The molecule has 0 aliphatic carbocycles. The Labute approximate surface area is 211 Å². The molecule has 0 amide bonds. The first-order valence-corrected chi connectivity index (χ1v) is 12.4. The van der Waals surface area contributed by atoms with Gasteiger partial charge in [0.15, 0.2) is 22.2 Å². The maximum Gasteiger partial charge on any atom is 0.422 e. The number of ether oxygens (including phenoxy) is 1. The summed E-state index contributed by atoms with van der Waals surface area (Å²) in [5.41, 5.74) is -0.287. The first kappa shape index (κ1) is 28.5. The van der Waals surface area contributed by atoms with E-state index in [-0.39, 0.29) is 52.4 Å². The summed E-state index contributed by atoms with van der Waals surface area (Å²) in [6.45, 7) is -1.82. The van der Waals surface area contributed by atoms with Gasteiger partial charge in [-0.3, -0.25) is 4.79 Å². The van der Waals surface area contributed by atoms with Crippen molar-refractivity contribution in [3.8, 4) is 11.8 Å². The second-order valence-electron chi connectivity index (χ2n) is 7.98. The highest BCUT2D eigenvalue weighted by atomic mass is 35.5. The third-order valence-corrected chi connectivity index (χ3v) is 7.96. The number of carbonyl (C=O) groups is 1. The summed E-state index contributed by atoms with van der Waals surface area (Å²) in [5.74, 6) is -1.76. The summed E-state index contributed by atoms with van der Waals surface area (Å²) in [6.07, 6.45) is -10.5. The van der Waals surface area contributed by atoms with E-state index in [1.54, 1.807) is 6.07 Å². The minimum absolute atomic E-state index is 0.00700. The number of ketones is 1. The molecule has 0 saturated carbocycles. The number of halogens is 7. The molecule has 1 aromatic heterocycles. The van der Waals surface area contributed by atoms with Crippen LogP contribution >= 0.6 is 11.6 Å². The second-order valence-corrected chi connectivity index (χ2v) is 10.6. The van der Waals surface area contributed by atoms with Crippen LogP contribution in [0.3, 0.4) is 0 Å². The number of aromatic nitrogens is 2. The molecule has 3 rings (SSSR count). The van der Waals surface area contributed by atoms with Gasteiger partial charge in [0.2, 0.25) is 5.82 Å². The lowest BCUT2D eigenvalue weighted by atomic mass is 10.1. The fourth-order valence-electron chi connectivity index (χ4n) is 3.58. The van der Waals surface area contributed by atoms with Gasteiger partial charge in [0.1, 0.15) is 17.6 Å². The Kier molecular flexibility index (Phi) is 8.23. The molecular formula is C21H17ClF6N4O4S. The van der Waals surface area contributed by atoms with Crippen LogP contribution in [0.1, 0.15) is 35.4 Å². The van der Waals surface area contributed by atoms with Gasteiger partial charge in [0.25, 0.3) is 0 Å². The van der Waals surface area contributed by atoms with E-state index in [4.69, 9.17) is 16.9 Å². The zero-order chi connectivity index (χ0) is 27.6. The highest BCUT2D eigenvalue weighted by Gasteiger charge is 2.38. The third-order valence-electron chi connectivity index (χ3n) is 5.30. The number of sulfone groups is 1. The lowest BCUT2D eigenvalue weighted by Crippen LogP contribution is -2.29. The van der Waals surface area contributed by atoms with E-state index in [0.717, 1.165) is 24.4 Å². The standard InChI is InChI=1S/C21H17ClF6N4O4S/c22-15-7-12(36-11-21(26,27)28)1-2-17(15)37(34,35)13-4-6-32(10-13)19-14(9-30-18(8-29)31-19)16(33)3-5-20(23,24)25/h1-2,7,9,13H,3-6,10-11H2/t13-/m0/s1. The maximum atomic E-state index is 13.2. The Hall–Kier alpha value is -3.12. The van der Waals surface area contributed by atoms with Gasteiger partial charge in [-0.2, -0.15) is 31.6 Å². The third kappa shape index (κ3) is 7.22. The average molecular weight is 571 g/mol. The lowest BCUT2D eigenvalue weighted by molar-refractivity contribution is -0.153. The van der Waals surface area contributed by atoms with Gasteiger partial charge in [-0.15, -0.1) is 0 Å². The number of nitriles is 1. The molecule has 1 saturated heterocycles. The molecule has 1 aromatic carbocycles. The second kappa shape index (κ2) is 10.7. The quantitative estimate of drug-likeness (QED) is 0.336. The van der Waals surface area contributed by atoms with Crippen molar-refractivity contribution in [2.24, 2.45) is 0 Å². The molecule has 37 heavy (non-hydrogen) atoms. The summed E-state index contributed by atoms with van der Waals surface area (Å²) in [5, 5.41) is 7.63. The molecule has 16 heteroatoms. The van der Waals surface area contributed by atoms with Crippen LogP contribution in [-0.2, 0) is 9.84 Å². The number of hydrogen-bond donors (Lipinski definition) is 0. The van der Waals surface area contributed by atoms with Gasteiger partial charge < -0.3 is 9.64 Å². The van der Waals surface area contributed by atoms with Crippen molar-refractivity contribution < 1.29 is 44.3 Å². The summed E-state index contributed by atoms with van der Waals surface area (Å²) in [6, 6.07) is 4.63. The van der Waals surface area contributed by atoms with E-state index in [1.165, 1.54) is 4.90 Å². The summed E-state index contributed by atoms with van der Waals surface area (Å²) >= 11 is 6.03. The minimum Gasteiger partial charge on any atom is -0.484 e. The molecule has 1 aliphatic rings. The van der Waals surface area contributed by atoms with E-state index < -0.39 is 52.7 Å². The first-order valence-electron chi connectivity index (χ1n) is 10.5. The van der Waals surface area contributed by atoms with Crippen LogP contribution < -0.4 is 9.64 Å². The molecule has 200 valence electrons. The summed E-state index contributed by atoms with van der Waals surface area (Å²) < 4.78 is 106. The Morgan fingerprint density at radius 3 is 2.51 bits per heavy atom. The fraction of sp³-hybridized carbons (Fsp3) is 0.429. The summed E-state index contributed by atoms with van der Waals surface area (Å²) in [7, 11) is -4.14. The number of anilines is 1. The van der Waals surface area contributed by atoms with Crippen molar-refractivity contribution in [2.75, 3.05) is 24.6 Å². The average Bonchev–Trinajstić information content (AvgIpc) is 3.31. The maximum absolute atomic E-state index is 13.2. The molecule has 2 aromatic rings. The van der Waals surface area contributed by atoms with E-state index >= 15 is 0 Å². The smallest absolute Gasteiger partial charge is 0.422 e. The minimum atomic E-state index is -4.61. The molecular weight excluding hydrogens is 554 g/mol. The van der Waals surface area contributed by atoms with Crippen LogP contribution in [0, 0.1) is 11.3 Å². The zero-order valence-corrected chi connectivity index (χ0v) is 20.2. The molecule has 1 atom stereocenters. The normalized spacial score (nSPS) is 16.5. The molecule has 0 unspecified atom stereocenters. The highest BCUT2D eigenvalue weighted by molar-refractivity contribution is 7.92. The monoisotopic (exact) mass is 570 g/mol. The van der Waals surface area contributed by atoms with E-state index in [0.29, 0.717) is 0 Å². The Morgan fingerprint density at radius 2 is 1.92 bits per heavy atom. The van der Waals surface area contributed by atoms with Crippen molar-refractivity contribution in [1.29, 1.82) is 5.26 Å². The molecule has 0 bridgehead atoms. The molecule has 0 radical (unpaired) electrons. The molecule has 0 N–H and O–H groups in total. The van der Waals surface area contributed by atoms with Crippen LogP contribution in [0.4, 0.5) is 32.2 Å². The van der Waals surface area contributed by atoms with Crippen LogP contribution in [0.25, 0.3) is 0 Å². The van der Waals surface area contributed by atoms with Crippen molar-refractivity contribution in [3.05, 3.63) is 40.8 Å². The van der Waals surface area contributed by atoms with Crippen molar-refractivity contribution in [3.63, 3.8) is 0 Å². The van der Waals surface area contributed by atoms with Gasteiger partial charge in [-0.25, -0.2) is 18.4 Å². The Morgan fingerprint density at radius 1 is 1.22 bits per heavy atom. The Bertz CT molecular complexity index is 1330. The molecule has 8 nitrogen and oxygen atoms in total. The molecule has 1 aliphatic heterocycles. The number of alkyl halides is 6. The van der Waals surface area contributed by atoms with Crippen LogP contribution in [0.5, 0.6) is 5.75 Å². The van der Waals surface area contributed by atoms with Gasteiger partial charge in [-0.05, 0) is 18.6 Å².